The Kier molecular flexibility index (Phi) is 5.32. The van der Waals surface area contributed by atoms with E-state index in [0.29, 0.717) is 6.42 Å². The normalized spacial score (nSPS) is 11.0. The van der Waals surface area contributed by atoms with Crippen molar-refractivity contribution < 1.29 is 26.4 Å². The summed E-state index contributed by atoms with van der Waals surface area (Å²) in [6.07, 6.45) is 0.348. The third-order valence-electron chi connectivity index (χ3n) is 1.16. The molecular formula is C7H12O6S. The lowest BCUT2D eigenvalue weighted by Gasteiger charge is -2.02. The number of carbonyl (C=O) groups excluding carboxylic acids is 2. The van der Waals surface area contributed by atoms with Gasteiger partial charge >= 0.3 is 16.4 Å². The summed E-state index contributed by atoms with van der Waals surface area (Å²) in [6, 6.07) is 0. The molecular weight excluding hydrogens is 212 g/mol. The first kappa shape index (κ1) is 13.1. The standard InChI is InChI=1S/C7H12O6S/c1-3-5-12-14(10,11)13-7(9)6(8)4-2/h3-5H2,1-2H3. The molecule has 0 aromatic heterocycles. The molecule has 0 aromatic rings. The zero-order valence-corrected chi connectivity index (χ0v) is 8.80. The average Bonchev–Trinajstić information content (AvgIpc) is 2.12. The van der Waals surface area contributed by atoms with Crippen LogP contribution in [0.3, 0.4) is 0 Å². The Hall–Kier alpha value is -0.950. The van der Waals surface area contributed by atoms with Gasteiger partial charge < -0.3 is 4.18 Å². The molecule has 82 valence electrons. The van der Waals surface area contributed by atoms with Crippen LogP contribution in [0.2, 0.25) is 0 Å². The molecule has 0 saturated heterocycles. The monoisotopic (exact) mass is 224 g/mol. The van der Waals surface area contributed by atoms with Gasteiger partial charge in [-0.1, -0.05) is 13.8 Å². The minimum absolute atomic E-state index is 0.0874. The molecule has 0 rings (SSSR count). The van der Waals surface area contributed by atoms with Crippen molar-refractivity contribution in [1.82, 2.24) is 0 Å². The zero-order chi connectivity index (χ0) is 11.2. The maximum absolute atomic E-state index is 10.8. The summed E-state index contributed by atoms with van der Waals surface area (Å²) < 4.78 is 29.7. The topological polar surface area (TPSA) is 86.7 Å². The molecule has 0 aliphatic rings. The molecule has 0 atom stereocenters. The van der Waals surface area contributed by atoms with Crippen LogP contribution in [-0.2, 0) is 28.4 Å². The van der Waals surface area contributed by atoms with Crippen molar-refractivity contribution in [2.24, 2.45) is 0 Å². The van der Waals surface area contributed by atoms with Gasteiger partial charge in [0.05, 0.1) is 6.61 Å². The predicted octanol–water partition coefficient (Wildman–Crippen LogP) is 0.180. The number of rotatable bonds is 6. The van der Waals surface area contributed by atoms with Gasteiger partial charge in [0.1, 0.15) is 0 Å². The molecule has 6 nitrogen and oxygen atoms in total. The minimum Gasteiger partial charge on any atom is -0.317 e. The van der Waals surface area contributed by atoms with Crippen LogP contribution in [-0.4, -0.2) is 26.8 Å². The summed E-state index contributed by atoms with van der Waals surface area (Å²) in [5.74, 6) is -2.32. The van der Waals surface area contributed by atoms with E-state index in [-0.39, 0.29) is 13.0 Å². The van der Waals surface area contributed by atoms with Gasteiger partial charge in [0.2, 0.25) is 5.78 Å². The van der Waals surface area contributed by atoms with Gasteiger partial charge in [-0.2, -0.15) is 8.42 Å². The van der Waals surface area contributed by atoms with E-state index in [4.69, 9.17) is 0 Å². The summed E-state index contributed by atoms with van der Waals surface area (Å²) in [6.45, 7) is 3.02. The second-order valence-electron chi connectivity index (χ2n) is 2.38. The molecule has 0 saturated carbocycles. The highest BCUT2D eigenvalue weighted by atomic mass is 32.3. The highest BCUT2D eigenvalue weighted by Crippen LogP contribution is 1.99. The number of carbonyl (C=O) groups is 2. The number of Topliss-reactive ketones (excluding diaryl/α,β-unsaturated/α-hetero) is 1. The van der Waals surface area contributed by atoms with Crippen molar-refractivity contribution >= 4 is 22.2 Å². The molecule has 0 amide bonds. The van der Waals surface area contributed by atoms with Crippen LogP contribution in [0, 0.1) is 0 Å². The second kappa shape index (κ2) is 5.71. The van der Waals surface area contributed by atoms with E-state index in [1.54, 1.807) is 6.92 Å². The molecule has 0 aliphatic carbocycles. The van der Waals surface area contributed by atoms with Crippen LogP contribution in [0.1, 0.15) is 26.7 Å². The Morgan fingerprint density at radius 3 is 2.21 bits per heavy atom. The first-order valence-corrected chi connectivity index (χ1v) is 5.42. The van der Waals surface area contributed by atoms with Gasteiger partial charge in [-0.3, -0.25) is 4.79 Å². The van der Waals surface area contributed by atoms with Crippen molar-refractivity contribution in [2.45, 2.75) is 26.7 Å². The molecule has 0 spiro atoms. The van der Waals surface area contributed by atoms with Gasteiger partial charge in [-0.05, 0) is 6.42 Å². The fourth-order valence-electron chi connectivity index (χ4n) is 0.493. The van der Waals surface area contributed by atoms with Crippen LogP contribution in [0.4, 0.5) is 0 Å². The van der Waals surface area contributed by atoms with Gasteiger partial charge in [-0.25, -0.2) is 8.98 Å². The minimum atomic E-state index is -4.37. The lowest BCUT2D eigenvalue weighted by atomic mass is 10.3. The number of hydrogen-bond acceptors (Lipinski definition) is 6. The van der Waals surface area contributed by atoms with Gasteiger partial charge in [0.15, 0.2) is 0 Å². The van der Waals surface area contributed by atoms with Gasteiger partial charge in [0, 0.05) is 6.42 Å². The van der Waals surface area contributed by atoms with E-state index in [1.165, 1.54) is 6.92 Å². The second-order valence-corrected chi connectivity index (χ2v) is 3.60. The molecule has 0 heterocycles. The van der Waals surface area contributed by atoms with Crippen molar-refractivity contribution in [1.29, 1.82) is 0 Å². The molecule has 0 unspecified atom stereocenters. The fourth-order valence-corrected chi connectivity index (χ4v) is 1.19. The summed E-state index contributed by atoms with van der Waals surface area (Å²) in [5.41, 5.74) is 0. The first-order chi connectivity index (χ1) is 6.43. The first-order valence-electron chi connectivity index (χ1n) is 4.09. The molecule has 0 aliphatic heterocycles. The molecule has 0 N–H and O–H groups in total. The Morgan fingerprint density at radius 1 is 1.21 bits per heavy atom. The van der Waals surface area contributed by atoms with E-state index in [9.17, 15) is 18.0 Å². The maximum atomic E-state index is 10.8. The van der Waals surface area contributed by atoms with Crippen LogP contribution in [0.25, 0.3) is 0 Å². The smallest absolute Gasteiger partial charge is 0.317 e. The zero-order valence-electron chi connectivity index (χ0n) is 7.98. The van der Waals surface area contributed by atoms with Crippen molar-refractivity contribution in [3.05, 3.63) is 0 Å². The van der Waals surface area contributed by atoms with Crippen LogP contribution >= 0.6 is 0 Å². The quantitative estimate of drug-likeness (QED) is 0.598. The Balaban J connectivity index is 4.23. The Bertz CT molecular complexity index is 304. The third-order valence-corrected chi connectivity index (χ3v) is 1.97. The Morgan fingerprint density at radius 2 is 1.79 bits per heavy atom. The summed E-state index contributed by atoms with van der Waals surface area (Å²) in [4.78, 5) is 21.4. The van der Waals surface area contributed by atoms with Crippen LogP contribution in [0.5, 0.6) is 0 Å². The van der Waals surface area contributed by atoms with Crippen LogP contribution < -0.4 is 0 Å². The maximum Gasteiger partial charge on any atom is 0.451 e. The average molecular weight is 224 g/mol. The molecule has 0 aromatic carbocycles. The SMILES string of the molecule is CCCOS(=O)(=O)OC(=O)C(=O)CC. The van der Waals surface area contributed by atoms with Gasteiger partial charge in [-0.15, -0.1) is 0 Å². The van der Waals surface area contributed by atoms with Crippen LogP contribution in [0.15, 0.2) is 0 Å². The third kappa shape index (κ3) is 4.93. The van der Waals surface area contributed by atoms with Gasteiger partial charge in [0.25, 0.3) is 0 Å². The molecule has 7 heteroatoms. The van der Waals surface area contributed by atoms with Crippen molar-refractivity contribution in [3.63, 3.8) is 0 Å². The van der Waals surface area contributed by atoms with E-state index in [2.05, 4.69) is 8.37 Å². The predicted molar refractivity (Wildman–Crippen MR) is 46.6 cm³/mol. The number of ketones is 1. The highest BCUT2D eigenvalue weighted by molar-refractivity contribution is 7.82. The summed E-state index contributed by atoms with van der Waals surface area (Å²) in [7, 11) is -4.37. The number of hydrogen-bond donors (Lipinski definition) is 0. The van der Waals surface area contributed by atoms with E-state index < -0.39 is 22.2 Å². The van der Waals surface area contributed by atoms with E-state index >= 15 is 0 Å². The highest BCUT2D eigenvalue weighted by Gasteiger charge is 2.22. The summed E-state index contributed by atoms with van der Waals surface area (Å²) >= 11 is 0. The van der Waals surface area contributed by atoms with E-state index in [1.807, 2.05) is 0 Å². The molecule has 0 bridgehead atoms. The summed E-state index contributed by atoms with van der Waals surface area (Å²) in [5, 5.41) is 0. The van der Waals surface area contributed by atoms with Crippen molar-refractivity contribution in [3.8, 4) is 0 Å². The largest absolute Gasteiger partial charge is 0.451 e. The fraction of sp³-hybridized carbons (Fsp3) is 0.714. The molecule has 14 heavy (non-hydrogen) atoms. The molecule has 0 fully saturated rings. The Labute approximate surface area is 82.5 Å². The van der Waals surface area contributed by atoms with Crippen molar-refractivity contribution in [2.75, 3.05) is 6.61 Å². The lowest BCUT2D eigenvalue weighted by Crippen LogP contribution is -2.22. The molecule has 0 radical (unpaired) electrons. The van der Waals surface area contributed by atoms with E-state index in [0.717, 1.165) is 0 Å². The lowest BCUT2D eigenvalue weighted by molar-refractivity contribution is -0.147.